The lowest BCUT2D eigenvalue weighted by Gasteiger charge is -2.32. The molecule has 2 aromatic carbocycles. The molecule has 1 amide bonds. The Balaban J connectivity index is 1.47. The van der Waals surface area contributed by atoms with E-state index in [0.717, 1.165) is 18.4 Å². The van der Waals surface area contributed by atoms with Crippen molar-refractivity contribution in [2.24, 2.45) is 0 Å². The molecule has 27 heavy (non-hydrogen) atoms. The molecule has 1 aromatic heterocycles. The van der Waals surface area contributed by atoms with Crippen molar-refractivity contribution in [1.82, 2.24) is 9.88 Å². The topological polar surface area (TPSA) is 79.2 Å². The van der Waals surface area contributed by atoms with Gasteiger partial charge in [0.1, 0.15) is 0 Å². The third kappa shape index (κ3) is 3.18. The number of hydrogen-bond acceptors (Lipinski definition) is 3. The average molecular weight is 363 g/mol. The molecule has 0 unspecified atom stereocenters. The smallest absolute Gasteiger partial charge is 0.272 e. The van der Waals surface area contributed by atoms with Gasteiger partial charge in [-0.2, -0.15) is 0 Å². The van der Waals surface area contributed by atoms with Crippen molar-refractivity contribution in [1.29, 1.82) is 0 Å². The number of likely N-dealkylation sites (tertiary alicyclic amines) is 1. The van der Waals surface area contributed by atoms with Crippen LogP contribution in [-0.2, 0) is 0 Å². The van der Waals surface area contributed by atoms with E-state index in [1.54, 1.807) is 19.1 Å². The second-order valence-electron chi connectivity index (χ2n) is 7.11. The standard InChI is InChI=1S/C21H21N3O3/c1-14-12-16(6-7-20(14)24(26)27)21(25)23-10-8-15(9-11-23)18-13-22-19-5-3-2-4-17(18)19/h2-7,12-13,15,22H,8-11H2,1H3. The lowest BCUT2D eigenvalue weighted by Crippen LogP contribution is -2.37. The minimum absolute atomic E-state index is 0.0459. The number of aryl methyl sites for hydroxylation is 1. The maximum absolute atomic E-state index is 12.8. The van der Waals surface area contributed by atoms with Crippen molar-refractivity contribution in [3.8, 4) is 0 Å². The molecule has 6 nitrogen and oxygen atoms in total. The number of amides is 1. The van der Waals surface area contributed by atoms with Crippen molar-refractivity contribution in [2.45, 2.75) is 25.7 Å². The molecular weight excluding hydrogens is 342 g/mol. The number of fused-ring (bicyclic) bond motifs is 1. The number of para-hydroxylation sites is 1. The first-order chi connectivity index (χ1) is 13.0. The third-order valence-electron chi connectivity index (χ3n) is 5.48. The number of hydrogen-bond donors (Lipinski definition) is 1. The van der Waals surface area contributed by atoms with Gasteiger partial charge in [-0.15, -0.1) is 0 Å². The van der Waals surface area contributed by atoms with Gasteiger partial charge in [-0.3, -0.25) is 14.9 Å². The van der Waals surface area contributed by atoms with Crippen molar-refractivity contribution in [3.63, 3.8) is 0 Å². The van der Waals surface area contributed by atoms with Crippen LogP contribution >= 0.6 is 0 Å². The van der Waals surface area contributed by atoms with Crippen LogP contribution in [0.5, 0.6) is 0 Å². The number of aromatic amines is 1. The number of aromatic nitrogens is 1. The second-order valence-corrected chi connectivity index (χ2v) is 7.11. The molecule has 0 aliphatic carbocycles. The zero-order chi connectivity index (χ0) is 19.0. The third-order valence-corrected chi connectivity index (χ3v) is 5.48. The Kier molecular flexibility index (Phi) is 4.39. The molecule has 6 heteroatoms. The minimum atomic E-state index is -0.420. The second kappa shape index (κ2) is 6.87. The van der Waals surface area contributed by atoms with Crippen LogP contribution in [0.1, 0.15) is 40.2 Å². The highest BCUT2D eigenvalue weighted by molar-refractivity contribution is 5.95. The predicted octanol–water partition coefficient (Wildman–Crippen LogP) is 4.40. The van der Waals surface area contributed by atoms with Crippen molar-refractivity contribution >= 4 is 22.5 Å². The highest BCUT2D eigenvalue weighted by atomic mass is 16.6. The van der Waals surface area contributed by atoms with Gasteiger partial charge < -0.3 is 9.88 Å². The first-order valence-corrected chi connectivity index (χ1v) is 9.15. The van der Waals surface area contributed by atoms with E-state index in [9.17, 15) is 14.9 Å². The van der Waals surface area contributed by atoms with E-state index in [0.29, 0.717) is 30.1 Å². The minimum Gasteiger partial charge on any atom is -0.361 e. The summed E-state index contributed by atoms with van der Waals surface area (Å²) in [6.45, 7) is 3.05. The summed E-state index contributed by atoms with van der Waals surface area (Å²) in [4.78, 5) is 28.5. The van der Waals surface area contributed by atoms with Crippen LogP contribution in [0.25, 0.3) is 10.9 Å². The summed E-state index contributed by atoms with van der Waals surface area (Å²) in [5.74, 6) is 0.383. The van der Waals surface area contributed by atoms with Gasteiger partial charge in [0.05, 0.1) is 4.92 Å². The Morgan fingerprint density at radius 2 is 1.93 bits per heavy atom. The molecule has 0 saturated carbocycles. The molecule has 1 aliphatic heterocycles. The van der Waals surface area contributed by atoms with Crippen molar-refractivity contribution in [2.75, 3.05) is 13.1 Å². The lowest BCUT2D eigenvalue weighted by atomic mass is 9.89. The number of nitrogens with zero attached hydrogens (tertiary/aromatic N) is 2. The van der Waals surface area contributed by atoms with E-state index in [1.807, 2.05) is 11.0 Å². The summed E-state index contributed by atoms with van der Waals surface area (Å²) < 4.78 is 0. The number of piperidine rings is 1. The molecule has 138 valence electrons. The number of nitrogens with one attached hydrogen (secondary N) is 1. The summed E-state index contributed by atoms with van der Waals surface area (Å²) in [7, 11) is 0. The van der Waals surface area contributed by atoms with Gasteiger partial charge in [-0.1, -0.05) is 18.2 Å². The quantitative estimate of drug-likeness (QED) is 0.553. The molecule has 1 aliphatic rings. The van der Waals surface area contributed by atoms with Crippen LogP contribution in [0.4, 0.5) is 5.69 Å². The Morgan fingerprint density at radius 1 is 1.19 bits per heavy atom. The number of H-pyrrole nitrogens is 1. The normalized spacial score (nSPS) is 15.2. The van der Waals surface area contributed by atoms with Gasteiger partial charge in [-0.25, -0.2) is 0 Å². The van der Waals surface area contributed by atoms with E-state index in [-0.39, 0.29) is 11.6 Å². The van der Waals surface area contributed by atoms with Crippen LogP contribution in [0.2, 0.25) is 0 Å². The number of nitro groups is 1. The van der Waals surface area contributed by atoms with E-state index in [2.05, 4.69) is 29.4 Å². The van der Waals surface area contributed by atoms with Gasteiger partial charge in [-0.05, 0) is 49.4 Å². The Labute approximate surface area is 157 Å². The average Bonchev–Trinajstić information content (AvgIpc) is 3.11. The molecule has 1 N–H and O–H groups in total. The molecule has 4 rings (SSSR count). The zero-order valence-electron chi connectivity index (χ0n) is 15.1. The van der Waals surface area contributed by atoms with Gasteiger partial charge in [0, 0.05) is 47.4 Å². The number of benzene rings is 2. The van der Waals surface area contributed by atoms with Crippen LogP contribution in [0, 0.1) is 17.0 Å². The molecular formula is C21H21N3O3. The predicted molar refractivity (Wildman–Crippen MR) is 104 cm³/mol. The molecule has 1 fully saturated rings. The van der Waals surface area contributed by atoms with Gasteiger partial charge >= 0.3 is 0 Å². The van der Waals surface area contributed by atoms with Gasteiger partial charge in [0.15, 0.2) is 0 Å². The lowest BCUT2D eigenvalue weighted by molar-refractivity contribution is -0.385. The fourth-order valence-corrected chi connectivity index (χ4v) is 4.00. The Morgan fingerprint density at radius 3 is 2.63 bits per heavy atom. The molecule has 1 saturated heterocycles. The summed E-state index contributed by atoms with van der Waals surface area (Å²) in [6.07, 6.45) is 3.92. The largest absolute Gasteiger partial charge is 0.361 e. The molecule has 0 spiro atoms. The van der Waals surface area contributed by atoms with E-state index < -0.39 is 4.92 Å². The van der Waals surface area contributed by atoms with E-state index in [4.69, 9.17) is 0 Å². The zero-order valence-corrected chi connectivity index (χ0v) is 15.1. The summed E-state index contributed by atoms with van der Waals surface area (Å²) in [6, 6.07) is 12.9. The summed E-state index contributed by atoms with van der Waals surface area (Å²) in [5.41, 5.74) is 3.55. The fraction of sp³-hybridized carbons (Fsp3) is 0.286. The monoisotopic (exact) mass is 363 g/mol. The van der Waals surface area contributed by atoms with Crippen LogP contribution in [0.3, 0.4) is 0 Å². The van der Waals surface area contributed by atoms with Crippen LogP contribution in [-0.4, -0.2) is 33.8 Å². The Bertz CT molecular complexity index is 1020. The first kappa shape index (κ1) is 17.3. The number of carbonyl (C=O) groups is 1. The van der Waals surface area contributed by atoms with Gasteiger partial charge in [0.2, 0.25) is 0 Å². The van der Waals surface area contributed by atoms with E-state index >= 15 is 0 Å². The number of nitro benzene ring substituents is 1. The Hall–Kier alpha value is -3.15. The van der Waals surface area contributed by atoms with Crippen molar-refractivity contribution in [3.05, 3.63) is 75.5 Å². The van der Waals surface area contributed by atoms with Crippen molar-refractivity contribution < 1.29 is 9.72 Å². The fourth-order valence-electron chi connectivity index (χ4n) is 4.00. The van der Waals surface area contributed by atoms with Crippen LogP contribution in [0.15, 0.2) is 48.7 Å². The summed E-state index contributed by atoms with van der Waals surface area (Å²) in [5, 5.41) is 12.2. The van der Waals surface area contributed by atoms with E-state index in [1.165, 1.54) is 17.0 Å². The number of rotatable bonds is 3. The number of carbonyl (C=O) groups excluding carboxylic acids is 1. The molecule has 0 radical (unpaired) electrons. The van der Waals surface area contributed by atoms with Gasteiger partial charge in [0.25, 0.3) is 11.6 Å². The SMILES string of the molecule is Cc1cc(C(=O)N2CCC(c3c[nH]c4ccccc34)CC2)ccc1[N+](=O)[O-]. The summed E-state index contributed by atoms with van der Waals surface area (Å²) >= 11 is 0. The van der Waals surface area contributed by atoms with Crippen LogP contribution < -0.4 is 0 Å². The highest BCUT2D eigenvalue weighted by Crippen LogP contribution is 2.33. The molecule has 0 atom stereocenters. The first-order valence-electron chi connectivity index (χ1n) is 9.15. The molecule has 0 bridgehead atoms. The highest BCUT2D eigenvalue weighted by Gasteiger charge is 2.26. The molecule has 3 aromatic rings. The maximum Gasteiger partial charge on any atom is 0.272 e. The maximum atomic E-state index is 12.8. The molecule has 2 heterocycles.